The second-order valence-electron chi connectivity index (χ2n) is 7.00. The molecule has 1 aliphatic heterocycles. The number of hydrogen-bond donors (Lipinski definition) is 3. The molecule has 132 valence electrons. The van der Waals surface area contributed by atoms with Crippen LogP contribution < -0.4 is 15.4 Å². The molecule has 3 N–H and O–H groups in total. The minimum Gasteiger partial charge on any atom is -0.481 e. The molecule has 3 rings (SSSR count). The summed E-state index contributed by atoms with van der Waals surface area (Å²) in [5, 5.41) is 16.8. The number of β-amino-alcohol motifs (C(OH)–C–C–N with tert-alkyl or cyclic N) is 1. The monoisotopic (exact) mass is 340 g/mol. The van der Waals surface area contributed by atoms with Crippen molar-refractivity contribution in [3.63, 3.8) is 0 Å². The minimum absolute atomic E-state index is 0.0241. The van der Waals surface area contributed by atoms with Crippen LogP contribution in [-0.2, 0) is 11.2 Å². The highest BCUT2D eigenvalue weighted by molar-refractivity contribution is 5.95. The maximum atomic E-state index is 11.4. The van der Waals surface area contributed by atoms with E-state index in [1.807, 2.05) is 30.3 Å². The highest BCUT2D eigenvalue weighted by Gasteiger charge is 2.24. The Morgan fingerprint density at radius 3 is 2.72 bits per heavy atom. The first-order valence-corrected chi connectivity index (χ1v) is 8.47. The Balaban J connectivity index is 1.65. The van der Waals surface area contributed by atoms with E-state index >= 15 is 0 Å². The maximum Gasteiger partial charge on any atom is 0.262 e. The molecule has 5 nitrogen and oxygen atoms in total. The number of amides is 1. The summed E-state index contributed by atoms with van der Waals surface area (Å²) in [7, 11) is 0. The number of ether oxygens (including phenoxy) is 1. The van der Waals surface area contributed by atoms with Gasteiger partial charge in [-0.05, 0) is 31.9 Å². The molecule has 5 heteroatoms. The summed E-state index contributed by atoms with van der Waals surface area (Å²) in [4.78, 5) is 11.4. The smallest absolute Gasteiger partial charge is 0.262 e. The van der Waals surface area contributed by atoms with Gasteiger partial charge < -0.3 is 20.5 Å². The predicted octanol–water partition coefficient (Wildman–Crippen LogP) is 2.66. The van der Waals surface area contributed by atoms with Crippen molar-refractivity contribution < 1.29 is 14.6 Å². The van der Waals surface area contributed by atoms with Crippen molar-refractivity contribution in [3.8, 4) is 5.75 Å². The minimum atomic E-state index is -0.722. The van der Waals surface area contributed by atoms with Gasteiger partial charge in [0.1, 0.15) is 5.75 Å². The number of nitrogens with one attached hydrogen (secondary N) is 2. The molecule has 0 saturated carbocycles. The fourth-order valence-corrected chi connectivity index (χ4v) is 3.05. The topological polar surface area (TPSA) is 70.6 Å². The van der Waals surface area contributed by atoms with Gasteiger partial charge in [0.25, 0.3) is 5.91 Å². The summed E-state index contributed by atoms with van der Waals surface area (Å²) in [6.07, 6.45) is 0.139. The van der Waals surface area contributed by atoms with Gasteiger partial charge in [0.05, 0.1) is 11.8 Å². The molecule has 1 heterocycles. The SMILES string of the molecule is CC(C)(Cc1ccccc1)NCC(O)c1cccc2c1OCC(=O)N2. The van der Waals surface area contributed by atoms with Crippen molar-refractivity contribution in [2.45, 2.75) is 31.9 Å². The van der Waals surface area contributed by atoms with E-state index < -0.39 is 6.10 Å². The summed E-state index contributed by atoms with van der Waals surface area (Å²) >= 11 is 0. The third-order valence-corrected chi connectivity index (χ3v) is 4.29. The molecule has 1 unspecified atom stereocenters. The zero-order valence-corrected chi connectivity index (χ0v) is 14.6. The summed E-state index contributed by atoms with van der Waals surface area (Å²) in [5.41, 5.74) is 2.38. The van der Waals surface area contributed by atoms with Crippen molar-refractivity contribution >= 4 is 11.6 Å². The van der Waals surface area contributed by atoms with Gasteiger partial charge in [-0.25, -0.2) is 0 Å². The Kier molecular flexibility index (Phi) is 5.06. The molecule has 0 aromatic heterocycles. The number of aliphatic hydroxyl groups excluding tert-OH is 1. The van der Waals surface area contributed by atoms with E-state index in [0.29, 0.717) is 23.5 Å². The molecule has 0 bridgehead atoms. The molecular formula is C20H24N2O3. The van der Waals surface area contributed by atoms with Crippen molar-refractivity contribution in [1.29, 1.82) is 0 Å². The molecule has 25 heavy (non-hydrogen) atoms. The molecule has 1 amide bonds. The van der Waals surface area contributed by atoms with Gasteiger partial charge in [-0.15, -0.1) is 0 Å². The third-order valence-electron chi connectivity index (χ3n) is 4.29. The maximum absolute atomic E-state index is 11.4. The highest BCUT2D eigenvalue weighted by atomic mass is 16.5. The fraction of sp³-hybridized carbons (Fsp3) is 0.350. The lowest BCUT2D eigenvalue weighted by Crippen LogP contribution is -2.43. The number of anilines is 1. The van der Waals surface area contributed by atoms with Crippen LogP contribution in [0.25, 0.3) is 0 Å². The number of carbonyl (C=O) groups excluding carboxylic acids is 1. The number of benzene rings is 2. The molecule has 1 atom stereocenters. The average molecular weight is 340 g/mol. The van der Waals surface area contributed by atoms with Gasteiger partial charge in [0.15, 0.2) is 6.61 Å². The van der Waals surface area contributed by atoms with Crippen LogP contribution in [0.3, 0.4) is 0 Å². The largest absolute Gasteiger partial charge is 0.481 e. The molecule has 0 aliphatic carbocycles. The Labute approximate surface area is 148 Å². The van der Waals surface area contributed by atoms with E-state index in [1.165, 1.54) is 5.56 Å². The Morgan fingerprint density at radius 1 is 1.20 bits per heavy atom. The van der Waals surface area contributed by atoms with Crippen LogP contribution in [0.5, 0.6) is 5.75 Å². The van der Waals surface area contributed by atoms with E-state index in [2.05, 4.69) is 36.6 Å². The van der Waals surface area contributed by atoms with Gasteiger partial charge in [-0.3, -0.25) is 4.79 Å². The molecule has 1 aliphatic rings. The number of rotatable bonds is 6. The number of fused-ring (bicyclic) bond motifs is 1. The van der Waals surface area contributed by atoms with Crippen LogP contribution in [0.15, 0.2) is 48.5 Å². The van der Waals surface area contributed by atoms with Crippen molar-refractivity contribution in [2.75, 3.05) is 18.5 Å². The third kappa shape index (κ3) is 4.38. The summed E-state index contributed by atoms with van der Waals surface area (Å²) in [5.74, 6) is 0.374. The Hall–Kier alpha value is -2.37. The van der Waals surface area contributed by atoms with Crippen molar-refractivity contribution in [1.82, 2.24) is 5.32 Å². The Morgan fingerprint density at radius 2 is 1.96 bits per heavy atom. The number of carbonyl (C=O) groups is 1. The Bertz CT molecular complexity index is 744. The van der Waals surface area contributed by atoms with Crippen LogP contribution in [0.2, 0.25) is 0 Å². The number of para-hydroxylation sites is 1. The van der Waals surface area contributed by atoms with Crippen molar-refractivity contribution in [2.24, 2.45) is 0 Å². The first-order valence-electron chi connectivity index (χ1n) is 8.47. The fourth-order valence-electron chi connectivity index (χ4n) is 3.05. The quantitative estimate of drug-likeness (QED) is 0.756. The molecule has 0 saturated heterocycles. The summed E-state index contributed by atoms with van der Waals surface area (Å²) in [6, 6.07) is 15.7. The van der Waals surface area contributed by atoms with E-state index in [1.54, 1.807) is 6.07 Å². The molecule has 2 aromatic rings. The lowest BCUT2D eigenvalue weighted by atomic mass is 9.94. The lowest BCUT2D eigenvalue weighted by molar-refractivity contribution is -0.118. The second kappa shape index (κ2) is 7.25. The zero-order chi connectivity index (χ0) is 17.9. The van der Waals surface area contributed by atoms with Crippen LogP contribution in [-0.4, -0.2) is 29.7 Å². The zero-order valence-electron chi connectivity index (χ0n) is 14.6. The summed E-state index contributed by atoms with van der Waals surface area (Å²) in [6.45, 7) is 4.60. The van der Waals surface area contributed by atoms with Gasteiger partial charge in [0, 0.05) is 17.6 Å². The average Bonchev–Trinajstić information content (AvgIpc) is 2.59. The van der Waals surface area contributed by atoms with Crippen LogP contribution in [0, 0.1) is 0 Å². The van der Waals surface area contributed by atoms with Gasteiger partial charge in [0.2, 0.25) is 0 Å². The molecule has 0 fully saturated rings. The summed E-state index contributed by atoms with van der Waals surface area (Å²) < 4.78 is 5.52. The highest BCUT2D eigenvalue weighted by Crippen LogP contribution is 2.35. The van der Waals surface area contributed by atoms with E-state index in [4.69, 9.17) is 4.74 Å². The standard InChI is InChI=1S/C20H24N2O3/c1-20(2,11-14-7-4-3-5-8-14)21-12-17(23)15-9-6-10-16-19(15)25-13-18(24)22-16/h3-10,17,21,23H,11-13H2,1-2H3,(H,22,24). The predicted molar refractivity (Wildman–Crippen MR) is 97.8 cm³/mol. The van der Waals surface area contributed by atoms with E-state index in [0.717, 1.165) is 6.42 Å². The second-order valence-corrected chi connectivity index (χ2v) is 7.00. The van der Waals surface area contributed by atoms with Crippen LogP contribution >= 0.6 is 0 Å². The van der Waals surface area contributed by atoms with Crippen LogP contribution in [0.1, 0.15) is 31.1 Å². The molecule has 0 radical (unpaired) electrons. The number of aliphatic hydroxyl groups is 1. The first kappa shape index (κ1) is 17.5. The van der Waals surface area contributed by atoms with E-state index in [-0.39, 0.29) is 18.1 Å². The van der Waals surface area contributed by atoms with Crippen LogP contribution in [0.4, 0.5) is 5.69 Å². The number of hydrogen-bond acceptors (Lipinski definition) is 4. The van der Waals surface area contributed by atoms with Gasteiger partial charge in [-0.1, -0.05) is 42.5 Å². The lowest BCUT2D eigenvalue weighted by Gasteiger charge is -2.29. The van der Waals surface area contributed by atoms with E-state index in [9.17, 15) is 9.90 Å². The molecular weight excluding hydrogens is 316 g/mol. The first-order chi connectivity index (χ1) is 11.9. The molecule has 0 spiro atoms. The van der Waals surface area contributed by atoms with Crippen molar-refractivity contribution in [3.05, 3.63) is 59.7 Å². The molecule has 2 aromatic carbocycles. The van der Waals surface area contributed by atoms with Gasteiger partial charge in [-0.2, -0.15) is 0 Å². The van der Waals surface area contributed by atoms with Gasteiger partial charge >= 0.3 is 0 Å². The normalized spacial score (nSPS) is 15.1.